The van der Waals surface area contributed by atoms with E-state index in [1.165, 1.54) is 38.3 Å². The molecule has 0 spiro atoms. The van der Waals surface area contributed by atoms with Crippen LogP contribution < -0.4 is 9.47 Å². The SMILES string of the molecule is CCOC(=O)c1c(C(F)(F)F)nc(C(F)F)c(C)c1OC(=O)c1ccccc1OC. The van der Waals surface area contributed by atoms with E-state index < -0.39 is 52.8 Å². The maximum absolute atomic E-state index is 13.5. The molecule has 1 aromatic carbocycles. The Hall–Kier alpha value is -3.24. The summed E-state index contributed by atoms with van der Waals surface area (Å²) in [5, 5.41) is 0. The van der Waals surface area contributed by atoms with Crippen molar-refractivity contribution in [3.8, 4) is 11.5 Å². The summed E-state index contributed by atoms with van der Waals surface area (Å²) in [7, 11) is 1.24. The van der Waals surface area contributed by atoms with Gasteiger partial charge in [0.25, 0.3) is 6.43 Å². The smallest absolute Gasteiger partial charge is 0.434 e. The van der Waals surface area contributed by atoms with Crippen molar-refractivity contribution in [3.63, 3.8) is 0 Å². The third-order valence-electron chi connectivity index (χ3n) is 3.90. The quantitative estimate of drug-likeness (QED) is 0.484. The van der Waals surface area contributed by atoms with Gasteiger partial charge in [-0.25, -0.2) is 23.4 Å². The first-order valence-corrected chi connectivity index (χ1v) is 8.45. The number of esters is 2. The largest absolute Gasteiger partial charge is 0.496 e. The average molecular weight is 433 g/mol. The van der Waals surface area contributed by atoms with Crippen LogP contribution in [0.5, 0.6) is 11.5 Å². The van der Waals surface area contributed by atoms with Gasteiger partial charge < -0.3 is 14.2 Å². The van der Waals surface area contributed by atoms with Crippen molar-refractivity contribution in [1.82, 2.24) is 4.98 Å². The lowest BCUT2D eigenvalue weighted by Gasteiger charge is -2.19. The Morgan fingerprint density at radius 2 is 1.77 bits per heavy atom. The van der Waals surface area contributed by atoms with E-state index in [0.717, 1.165) is 6.92 Å². The molecule has 30 heavy (non-hydrogen) atoms. The van der Waals surface area contributed by atoms with E-state index in [9.17, 15) is 31.5 Å². The second-order valence-electron chi connectivity index (χ2n) is 5.78. The topological polar surface area (TPSA) is 74.7 Å². The van der Waals surface area contributed by atoms with Gasteiger partial charge in [0.1, 0.15) is 22.6 Å². The van der Waals surface area contributed by atoms with Gasteiger partial charge in [0.05, 0.1) is 13.7 Å². The summed E-state index contributed by atoms with van der Waals surface area (Å²) in [5.41, 5.74) is -5.29. The van der Waals surface area contributed by atoms with E-state index in [4.69, 9.17) is 9.47 Å². The maximum atomic E-state index is 13.5. The lowest BCUT2D eigenvalue weighted by atomic mass is 10.1. The van der Waals surface area contributed by atoms with Gasteiger partial charge in [0.15, 0.2) is 11.4 Å². The Bertz CT molecular complexity index is 959. The number of rotatable bonds is 6. The number of nitrogens with zero attached hydrogens (tertiary/aromatic N) is 1. The van der Waals surface area contributed by atoms with Crippen molar-refractivity contribution in [3.05, 3.63) is 52.3 Å². The molecule has 162 valence electrons. The highest BCUT2D eigenvalue weighted by Gasteiger charge is 2.42. The molecular formula is C19H16F5NO5. The van der Waals surface area contributed by atoms with Crippen LogP contribution in [-0.2, 0) is 10.9 Å². The number of aromatic nitrogens is 1. The van der Waals surface area contributed by atoms with E-state index in [1.807, 2.05) is 0 Å². The average Bonchev–Trinajstić information content (AvgIpc) is 2.67. The van der Waals surface area contributed by atoms with Crippen LogP contribution in [0.25, 0.3) is 0 Å². The van der Waals surface area contributed by atoms with Crippen molar-refractivity contribution in [2.75, 3.05) is 13.7 Å². The van der Waals surface area contributed by atoms with Crippen molar-refractivity contribution in [2.24, 2.45) is 0 Å². The molecule has 0 saturated carbocycles. The van der Waals surface area contributed by atoms with Gasteiger partial charge in [-0.1, -0.05) is 12.1 Å². The molecule has 11 heteroatoms. The van der Waals surface area contributed by atoms with Crippen LogP contribution in [0.2, 0.25) is 0 Å². The summed E-state index contributed by atoms with van der Waals surface area (Å²) in [6.45, 7) is 1.98. The van der Waals surface area contributed by atoms with Crippen molar-refractivity contribution < 1.29 is 45.8 Å². The fraction of sp³-hybridized carbons (Fsp3) is 0.316. The Balaban J connectivity index is 2.75. The number of hydrogen-bond donors (Lipinski definition) is 0. The van der Waals surface area contributed by atoms with Crippen LogP contribution in [0.3, 0.4) is 0 Å². The summed E-state index contributed by atoms with van der Waals surface area (Å²) >= 11 is 0. The van der Waals surface area contributed by atoms with Crippen LogP contribution >= 0.6 is 0 Å². The molecule has 2 rings (SSSR count). The number of para-hydroxylation sites is 1. The van der Waals surface area contributed by atoms with Crippen LogP contribution in [-0.4, -0.2) is 30.6 Å². The zero-order valence-electron chi connectivity index (χ0n) is 16.0. The summed E-state index contributed by atoms with van der Waals surface area (Å²) < 4.78 is 81.8. The molecule has 0 unspecified atom stereocenters. The third-order valence-corrected chi connectivity index (χ3v) is 3.90. The van der Waals surface area contributed by atoms with Crippen LogP contribution in [0.1, 0.15) is 51.0 Å². The Labute approximate surface area is 167 Å². The summed E-state index contributed by atoms with van der Waals surface area (Å²) in [6.07, 6.45) is -8.73. The van der Waals surface area contributed by atoms with Crippen molar-refractivity contribution in [1.29, 1.82) is 0 Å². The minimum Gasteiger partial charge on any atom is -0.496 e. The molecule has 6 nitrogen and oxygen atoms in total. The van der Waals surface area contributed by atoms with Gasteiger partial charge in [-0.3, -0.25) is 0 Å². The monoisotopic (exact) mass is 433 g/mol. The van der Waals surface area contributed by atoms with E-state index in [0.29, 0.717) is 0 Å². The standard InChI is InChI=1S/C19H16F5NO5/c1-4-29-18(27)12-14(30-17(26)10-7-5-6-8-11(10)28-3)9(2)13(16(20)21)25-15(12)19(22,23)24/h5-8,16H,4H2,1-3H3. The molecule has 1 aromatic heterocycles. The highest BCUT2D eigenvalue weighted by molar-refractivity contribution is 5.98. The predicted molar refractivity (Wildman–Crippen MR) is 92.8 cm³/mol. The lowest BCUT2D eigenvalue weighted by molar-refractivity contribution is -0.142. The number of methoxy groups -OCH3 is 1. The maximum Gasteiger partial charge on any atom is 0.434 e. The van der Waals surface area contributed by atoms with Gasteiger partial charge in [0.2, 0.25) is 0 Å². The summed E-state index contributed by atoms with van der Waals surface area (Å²) in [6, 6.07) is 5.58. The second kappa shape index (κ2) is 9.06. The minimum atomic E-state index is -5.30. The molecule has 0 bridgehead atoms. The molecule has 0 fully saturated rings. The van der Waals surface area contributed by atoms with Gasteiger partial charge in [-0.15, -0.1) is 0 Å². The normalized spacial score (nSPS) is 11.4. The number of halogens is 5. The Kier molecular flexibility index (Phi) is 6.96. The number of benzene rings is 1. The van der Waals surface area contributed by atoms with Crippen LogP contribution in [0.15, 0.2) is 24.3 Å². The lowest BCUT2D eigenvalue weighted by Crippen LogP contribution is -2.23. The first kappa shape index (κ1) is 23.0. The zero-order valence-corrected chi connectivity index (χ0v) is 16.0. The second-order valence-corrected chi connectivity index (χ2v) is 5.78. The number of pyridine rings is 1. The van der Waals surface area contributed by atoms with Crippen molar-refractivity contribution in [2.45, 2.75) is 26.4 Å². The van der Waals surface area contributed by atoms with Gasteiger partial charge >= 0.3 is 18.1 Å². The van der Waals surface area contributed by atoms with E-state index in [2.05, 4.69) is 9.72 Å². The number of hydrogen-bond acceptors (Lipinski definition) is 6. The molecule has 0 saturated heterocycles. The first-order valence-electron chi connectivity index (χ1n) is 8.45. The molecule has 2 aromatic rings. The van der Waals surface area contributed by atoms with Crippen LogP contribution in [0, 0.1) is 6.92 Å². The van der Waals surface area contributed by atoms with Gasteiger partial charge in [-0.05, 0) is 26.0 Å². The van der Waals surface area contributed by atoms with E-state index >= 15 is 0 Å². The number of alkyl halides is 5. The molecule has 1 heterocycles. The molecule has 0 amide bonds. The van der Waals surface area contributed by atoms with Crippen molar-refractivity contribution >= 4 is 11.9 Å². The molecular weight excluding hydrogens is 417 g/mol. The molecule has 0 aliphatic heterocycles. The van der Waals surface area contributed by atoms with E-state index in [-0.39, 0.29) is 17.9 Å². The van der Waals surface area contributed by atoms with Gasteiger partial charge in [-0.2, -0.15) is 13.2 Å². The molecule has 0 N–H and O–H groups in total. The third kappa shape index (κ3) is 4.66. The fourth-order valence-electron chi connectivity index (χ4n) is 2.57. The fourth-order valence-corrected chi connectivity index (χ4v) is 2.57. The summed E-state index contributed by atoms with van der Waals surface area (Å²) in [4.78, 5) is 27.7. The molecule has 0 radical (unpaired) electrons. The predicted octanol–water partition coefficient (Wildman–Crippen LogP) is 4.75. The Morgan fingerprint density at radius 1 is 1.13 bits per heavy atom. The van der Waals surface area contributed by atoms with Gasteiger partial charge in [0, 0.05) is 5.56 Å². The zero-order chi connectivity index (χ0) is 22.6. The molecule has 0 aliphatic rings. The molecule has 0 aliphatic carbocycles. The van der Waals surface area contributed by atoms with Crippen LogP contribution in [0.4, 0.5) is 22.0 Å². The number of carbonyl (C=O) groups excluding carboxylic acids is 2. The Morgan fingerprint density at radius 3 is 2.30 bits per heavy atom. The highest BCUT2D eigenvalue weighted by Crippen LogP contribution is 2.40. The minimum absolute atomic E-state index is 0.0250. The molecule has 0 atom stereocenters. The summed E-state index contributed by atoms with van der Waals surface area (Å²) in [5.74, 6) is -3.73. The number of carbonyl (C=O) groups is 2. The van der Waals surface area contributed by atoms with E-state index in [1.54, 1.807) is 0 Å². The highest BCUT2D eigenvalue weighted by atomic mass is 19.4. The first-order chi connectivity index (χ1) is 14.0. The number of ether oxygens (including phenoxy) is 3.